The molecule has 1 saturated heterocycles. The molecule has 0 spiro atoms. The highest BCUT2D eigenvalue weighted by Crippen LogP contribution is 2.37. The topological polar surface area (TPSA) is 126 Å². The second-order valence-corrected chi connectivity index (χ2v) is 11.7. The third-order valence-electron chi connectivity index (χ3n) is 7.11. The van der Waals surface area contributed by atoms with Crippen LogP contribution in [0.3, 0.4) is 0 Å². The van der Waals surface area contributed by atoms with Crippen LogP contribution in [0.15, 0.2) is 72.9 Å². The molecule has 3 aromatic carbocycles. The molecule has 1 aliphatic rings. The summed E-state index contributed by atoms with van der Waals surface area (Å²) < 4.78 is 33.0. The summed E-state index contributed by atoms with van der Waals surface area (Å²) in [5.74, 6) is 0.296. The van der Waals surface area contributed by atoms with E-state index in [-0.39, 0.29) is 24.0 Å². The number of primary amides is 1. The first-order valence-electron chi connectivity index (χ1n) is 12.7. The first kappa shape index (κ1) is 25.8. The molecule has 0 saturated carbocycles. The van der Waals surface area contributed by atoms with E-state index in [1.807, 2.05) is 42.6 Å². The van der Waals surface area contributed by atoms with E-state index in [9.17, 15) is 18.3 Å². The Balaban J connectivity index is 1.26. The van der Waals surface area contributed by atoms with Crippen LogP contribution >= 0.6 is 0 Å². The maximum absolute atomic E-state index is 13.0. The van der Waals surface area contributed by atoms with Gasteiger partial charge in [-0.3, -0.25) is 4.79 Å². The van der Waals surface area contributed by atoms with Crippen molar-refractivity contribution in [1.82, 2.24) is 9.29 Å². The number of piperidine rings is 1. The molecule has 1 fully saturated rings. The molecule has 1 aromatic heterocycles. The van der Waals surface area contributed by atoms with Crippen LogP contribution in [0.2, 0.25) is 0 Å². The molecule has 198 valence electrons. The lowest BCUT2D eigenvalue weighted by atomic mass is 9.88. The summed E-state index contributed by atoms with van der Waals surface area (Å²) >= 11 is 0. The van der Waals surface area contributed by atoms with Gasteiger partial charge in [0.2, 0.25) is 10.0 Å². The highest BCUT2D eigenvalue weighted by molar-refractivity contribution is 7.89. The fraction of sp³-hybridized carbons (Fsp3) is 0.276. The minimum Gasteiger partial charge on any atom is -0.508 e. The predicted molar refractivity (Wildman–Crippen MR) is 148 cm³/mol. The summed E-state index contributed by atoms with van der Waals surface area (Å²) in [6.45, 7) is 1.13. The number of phenolic OH excluding ortho intramolecular Hbond substituents is 1. The molecule has 0 unspecified atom stereocenters. The monoisotopic (exact) mass is 533 g/mol. The number of amides is 1. The number of nitrogens with zero attached hydrogens (tertiary/aromatic N) is 1. The second-order valence-electron chi connectivity index (χ2n) is 9.61. The summed E-state index contributed by atoms with van der Waals surface area (Å²) in [5.41, 5.74) is 9.88. The molecule has 0 aliphatic carbocycles. The maximum Gasteiger partial charge on any atom is 0.250 e. The standard InChI is InChI=1S/C29H31N3O5S/c30-29(34)26-17-22(20-6-2-1-3-7-20)16-25-27(19-31-28(25)26)21-10-12-32(13-11-21)38(35,36)15-5-14-37-24-9-4-8-23(33)18-24/h1-4,6-9,16-19,21,31,33H,5,10-15H2,(H2,30,34). The number of hydrogen-bond donors (Lipinski definition) is 3. The van der Waals surface area contributed by atoms with Crippen LogP contribution < -0.4 is 10.5 Å². The summed E-state index contributed by atoms with van der Waals surface area (Å²) in [5, 5.41) is 10.5. The number of hydrogen-bond acceptors (Lipinski definition) is 5. The molecule has 5 rings (SSSR count). The first-order chi connectivity index (χ1) is 18.3. The number of H-pyrrole nitrogens is 1. The van der Waals surface area contributed by atoms with Crippen molar-refractivity contribution in [3.63, 3.8) is 0 Å². The minimum atomic E-state index is -3.41. The number of nitrogens with one attached hydrogen (secondary N) is 1. The molecule has 1 aliphatic heterocycles. The number of aromatic hydroxyl groups is 1. The van der Waals surface area contributed by atoms with Crippen LogP contribution in [0.5, 0.6) is 11.5 Å². The number of sulfonamides is 1. The Morgan fingerprint density at radius 2 is 1.79 bits per heavy atom. The number of aromatic amines is 1. The Labute approximate surface area is 222 Å². The van der Waals surface area contributed by atoms with Crippen molar-refractivity contribution in [3.05, 3.63) is 84.1 Å². The molecule has 0 radical (unpaired) electrons. The fourth-order valence-electron chi connectivity index (χ4n) is 5.16. The van der Waals surface area contributed by atoms with Crippen LogP contribution in [0, 0.1) is 0 Å². The smallest absolute Gasteiger partial charge is 0.250 e. The number of nitrogens with two attached hydrogens (primary N) is 1. The summed E-state index contributed by atoms with van der Waals surface area (Å²) in [6.07, 6.45) is 3.67. The summed E-state index contributed by atoms with van der Waals surface area (Å²) in [7, 11) is -3.41. The largest absolute Gasteiger partial charge is 0.508 e. The van der Waals surface area contributed by atoms with E-state index < -0.39 is 15.9 Å². The van der Waals surface area contributed by atoms with Gasteiger partial charge in [-0.2, -0.15) is 0 Å². The van der Waals surface area contributed by atoms with Gasteiger partial charge in [0.25, 0.3) is 5.91 Å². The number of benzene rings is 3. The summed E-state index contributed by atoms with van der Waals surface area (Å²) in [4.78, 5) is 15.5. The van der Waals surface area contributed by atoms with Gasteiger partial charge in [-0.05, 0) is 66.1 Å². The van der Waals surface area contributed by atoms with E-state index in [1.54, 1.807) is 22.5 Å². The Kier molecular flexibility index (Phi) is 7.40. The van der Waals surface area contributed by atoms with Gasteiger partial charge in [-0.15, -0.1) is 0 Å². The Bertz CT molecular complexity index is 1540. The van der Waals surface area contributed by atoms with E-state index >= 15 is 0 Å². The molecule has 9 heteroatoms. The number of rotatable bonds is 9. The van der Waals surface area contributed by atoms with Crippen molar-refractivity contribution in [2.45, 2.75) is 25.2 Å². The zero-order valence-corrected chi connectivity index (χ0v) is 21.8. The van der Waals surface area contributed by atoms with Gasteiger partial charge >= 0.3 is 0 Å². The van der Waals surface area contributed by atoms with Gasteiger partial charge in [0, 0.05) is 30.7 Å². The third kappa shape index (κ3) is 5.54. The van der Waals surface area contributed by atoms with Gasteiger partial charge in [0.15, 0.2) is 0 Å². The highest BCUT2D eigenvalue weighted by atomic mass is 32.2. The molecular formula is C29H31N3O5S. The van der Waals surface area contributed by atoms with Crippen molar-refractivity contribution in [1.29, 1.82) is 0 Å². The van der Waals surface area contributed by atoms with Crippen molar-refractivity contribution < 1.29 is 23.1 Å². The Morgan fingerprint density at radius 1 is 1.03 bits per heavy atom. The van der Waals surface area contributed by atoms with Crippen molar-refractivity contribution in [2.75, 3.05) is 25.4 Å². The van der Waals surface area contributed by atoms with Crippen molar-refractivity contribution >= 4 is 26.8 Å². The number of ether oxygens (including phenoxy) is 1. The van der Waals surface area contributed by atoms with Crippen LogP contribution in [0.4, 0.5) is 0 Å². The van der Waals surface area contributed by atoms with Crippen molar-refractivity contribution in [3.8, 4) is 22.6 Å². The maximum atomic E-state index is 13.0. The molecular weight excluding hydrogens is 502 g/mol. The zero-order valence-electron chi connectivity index (χ0n) is 21.0. The second kappa shape index (κ2) is 10.9. The number of carbonyl (C=O) groups is 1. The molecule has 4 N–H and O–H groups in total. The molecule has 0 atom stereocenters. The third-order valence-corrected chi connectivity index (χ3v) is 9.07. The van der Waals surface area contributed by atoms with E-state index in [4.69, 9.17) is 10.5 Å². The lowest BCUT2D eigenvalue weighted by Crippen LogP contribution is -2.39. The molecule has 0 bridgehead atoms. The van der Waals surface area contributed by atoms with E-state index in [0.29, 0.717) is 49.2 Å². The average Bonchev–Trinajstić information content (AvgIpc) is 3.35. The van der Waals surface area contributed by atoms with Crippen LogP contribution in [0.1, 0.15) is 41.1 Å². The number of phenols is 1. The molecule has 2 heterocycles. The molecule has 4 aromatic rings. The van der Waals surface area contributed by atoms with Gasteiger partial charge in [-0.25, -0.2) is 12.7 Å². The highest BCUT2D eigenvalue weighted by Gasteiger charge is 2.30. The average molecular weight is 534 g/mol. The van der Waals surface area contributed by atoms with E-state index in [2.05, 4.69) is 11.1 Å². The Morgan fingerprint density at radius 3 is 2.50 bits per heavy atom. The number of carbonyl (C=O) groups excluding carboxylic acids is 1. The SMILES string of the molecule is NC(=O)c1cc(-c2ccccc2)cc2c(C3CCN(S(=O)(=O)CCCOc4cccc(O)c4)CC3)c[nH]c12. The van der Waals surface area contributed by atoms with E-state index in [1.165, 1.54) is 6.07 Å². The van der Waals surface area contributed by atoms with E-state index in [0.717, 1.165) is 22.1 Å². The van der Waals surface area contributed by atoms with Gasteiger partial charge in [-0.1, -0.05) is 36.4 Å². The zero-order chi connectivity index (χ0) is 26.7. The predicted octanol–water partition coefficient (Wildman–Crippen LogP) is 4.62. The van der Waals surface area contributed by atoms with Gasteiger partial charge < -0.3 is 20.6 Å². The van der Waals surface area contributed by atoms with Crippen LogP contribution in [-0.2, 0) is 10.0 Å². The molecule has 8 nitrogen and oxygen atoms in total. The summed E-state index contributed by atoms with van der Waals surface area (Å²) in [6, 6.07) is 20.2. The van der Waals surface area contributed by atoms with Gasteiger partial charge in [0.05, 0.1) is 23.4 Å². The lowest BCUT2D eigenvalue weighted by molar-refractivity contribution is 0.100. The number of fused-ring (bicyclic) bond motifs is 1. The first-order valence-corrected chi connectivity index (χ1v) is 14.3. The lowest BCUT2D eigenvalue weighted by Gasteiger charge is -2.31. The molecule has 1 amide bonds. The van der Waals surface area contributed by atoms with Gasteiger partial charge in [0.1, 0.15) is 11.5 Å². The quantitative estimate of drug-likeness (QED) is 0.271. The fourth-order valence-corrected chi connectivity index (χ4v) is 6.67. The molecule has 38 heavy (non-hydrogen) atoms. The normalized spacial score (nSPS) is 15.1. The minimum absolute atomic E-state index is 0.00593. The van der Waals surface area contributed by atoms with Crippen molar-refractivity contribution in [2.24, 2.45) is 5.73 Å². The Hall–Kier alpha value is -3.82. The number of aromatic nitrogens is 1. The van der Waals surface area contributed by atoms with Crippen LogP contribution in [-0.4, -0.2) is 54.2 Å². The van der Waals surface area contributed by atoms with Crippen LogP contribution in [0.25, 0.3) is 22.0 Å².